The van der Waals surface area contributed by atoms with Gasteiger partial charge < -0.3 is 56.3 Å². The number of aliphatic hydroxyl groups is 6. The molecule has 2 saturated heterocycles. The van der Waals surface area contributed by atoms with Gasteiger partial charge in [0.05, 0.1) is 25.3 Å². The van der Waals surface area contributed by atoms with Gasteiger partial charge in [0.15, 0.2) is 12.6 Å². The van der Waals surface area contributed by atoms with Gasteiger partial charge in [-0.2, -0.15) is 0 Å². The summed E-state index contributed by atoms with van der Waals surface area (Å²) in [6, 6.07) is -2.35. The molecule has 0 bridgehead atoms. The second-order valence-corrected chi connectivity index (χ2v) is 5.70. The van der Waals surface area contributed by atoms with Crippen molar-refractivity contribution in [1.82, 2.24) is 0 Å². The Hall–Kier alpha value is -0.440. The van der Waals surface area contributed by atoms with Crippen molar-refractivity contribution in [2.45, 2.75) is 61.3 Å². The molecule has 0 saturated carbocycles. The normalized spacial score (nSPS) is 51.7. The van der Waals surface area contributed by atoms with E-state index in [0.29, 0.717) is 0 Å². The molecule has 1 unspecified atom stereocenters. The molecule has 10 atom stereocenters. The molecule has 11 heteroatoms. The predicted molar refractivity (Wildman–Crippen MR) is 72.6 cm³/mol. The number of hydrogen-bond donors (Lipinski definition) is 8. The first-order valence-electron chi connectivity index (χ1n) is 7.23. The molecule has 2 rings (SSSR count). The summed E-state index contributed by atoms with van der Waals surface area (Å²) in [6.07, 6.45) is -10.5. The van der Waals surface area contributed by atoms with E-state index in [2.05, 4.69) is 0 Å². The van der Waals surface area contributed by atoms with Gasteiger partial charge in [0.2, 0.25) is 0 Å². The van der Waals surface area contributed by atoms with Crippen molar-refractivity contribution in [3.05, 3.63) is 0 Å². The van der Waals surface area contributed by atoms with Crippen LogP contribution < -0.4 is 11.5 Å². The largest absolute Gasteiger partial charge is 0.394 e. The van der Waals surface area contributed by atoms with Crippen LogP contribution >= 0.6 is 0 Å². The number of ether oxygens (including phenoxy) is 3. The van der Waals surface area contributed by atoms with Gasteiger partial charge >= 0.3 is 0 Å². The van der Waals surface area contributed by atoms with Gasteiger partial charge in [0, 0.05) is 0 Å². The summed E-state index contributed by atoms with van der Waals surface area (Å²) in [6.45, 7) is -1.17. The Bertz CT molecular complexity index is 388. The summed E-state index contributed by atoms with van der Waals surface area (Å²) in [4.78, 5) is 0. The highest BCUT2D eigenvalue weighted by Gasteiger charge is 2.49. The highest BCUT2D eigenvalue weighted by Crippen LogP contribution is 2.27. The number of rotatable bonds is 4. The Morgan fingerprint density at radius 2 is 1.35 bits per heavy atom. The fraction of sp³-hybridized carbons (Fsp3) is 1.00. The van der Waals surface area contributed by atoms with Gasteiger partial charge in [0.25, 0.3) is 0 Å². The topological polar surface area (TPSA) is 201 Å². The monoisotopic (exact) mass is 340 g/mol. The summed E-state index contributed by atoms with van der Waals surface area (Å²) >= 11 is 0. The zero-order valence-electron chi connectivity index (χ0n) is 12.3. The molecule has 23 heavy (non-hydrogen) atoms. The van der Waals surface area contributed by atoms with Crippen molar-refractivity contribution < 1.29 is 44.8 Å². The average Bonchev–Trinajstić information content (AvgIpc) is 2.54. The van der Waals surface area contributed by atoms with E-state index >= 15 is 0 Å². The maximum atomic E-state index is 10.1. The number of hydrogen-bond acceptors (Lipinski definition) is 11. The van der Waals surface area contributed by atoms with Gasteiger partial charge in [0.1, 0.15) is 36.6 Å². The molecule has 0 spiro atoms. The van der Waals surface area contributed by atoms with Crippen LogP contribution in [0.3, 0.4) is 0 Å². The van der Waals surface area contributed by atoms with Crippen molar-refractivity contribution in [2.24, 2.45) is 11.5 Å². The van der Waals surface area contributed by atoms with E-state index in [4.69, 9.17) is 35.9 Å². The van der Waals surface area contributed by atoms with Crippen LogP contribution in [-0.2, 0) is 14.2 Å². The molecule has 0 aromatic rings. The van der Waals surface area contributed by atoms with Crippen LogP contribution in [0.2, 0.25) is 0 Å². The fourth-order valence-electron chi connectivity index (χ4n) is 2.65. The van der Waals surface area contributed by atoms with E-state index < -0.39 is 74.5 Å². The third-order valence-corrected chi connectivity index (χ3v) is 4.14. The van der Waals surface area contributed by atoms with E-state index in [1.54, 1.807) is 0 Å². The molecule has 2 aliphatic rings. The first-order valence-corrected chi connectivity index (χ1v) is 7.23. The highest BCUT2D eigenvalue weighted by molar-refractivity contribution is 4.96. The summed E-state index contributed by atoms with van der Waals surface area (Å²) in [5.41, 5.74) is 11.5. The highest BCUT2D eigenvalue weighted by atomic mass is 16.7. The van der Waals surface area contributed by atoms with Crippen LogP contribution in [0.25, 0.3) is 0 Å². The zero-order valence-corrected chi connectivity index (χ0v) is 12.3. The van der Waals surface area contributed by atoms with Crippen LogP contribution in [0.1, 0.15) is 0 Å². The second kappa shape index (κ2) is 7.63. The first kappa shape index (κ1) is 18.9. The maximum Gasteiger partial charge on any atom is 0.176 e. The average molecular weight is 340 g/mol. The maximum absolute atomic E-state index is 10.1. The molecular weight excluding hydrogens is 316 g/mol. The standard InChI is InChI=1S/C12H24N2O9/c13-5-9(19)7(17)3(1-15)22-12(5)23-10-6(14)11(20)21-4(2-16)8(10)18/h3-12,15-20H,1-2,13-14H2/t3-,4-,5-,6-,7-,8-,9-,10-,11?,12+/m1/s1. The molecular formula is C12H24N2O9. The minimum atomic E-state index is -1.50. The fourth-order valence-corrected chi connectivity index (χ4v) is 2.65. The van der Waals surface area contributed by atoms with Crippen LogP contribution in [0, 0.1) is 0 Å². The van der Waals surface area contributed by atoms with Crippen molar-refractivity contribution in [1.29, 1.82) is 0 Å². The molecule has 2 fully saturated rings. The van der Waals surface area contributed by atoms with E-state index in [-0.39, 0.29) is 0 Å². The molecule has 10 N–H and O–H groups in total. The molecule has 0 aromatic heterocycles. The van der Waals surface area contributed by atoms with Crippen LogP contribution in [0.4, 0.5) is 0 Å². The van der Waals surface area contributed by atoms with Crippen LogP contribution in [0.15, 0.2) is 0 Å². The Kier molecular flexibility index (Phi) is 6.27. The second-order valence-electron chi connectivity index (χ2n) is 5.70. The van der Waals surface area contributed by atoms with Crippen LogP contribution in [0.5, 0.6) is 0 Å². The van der Waals surface area contributed by atoms with Gasteiger partial charge in [-0.05, 0) is 0 Å². The lowest BCUT2D eigenvalue weighted by Gasteiger charge is -2.46. The molecule has 2 aliphatic heterocycles. The molecule has 0 aliphatic carbocycles. The van der Waals surface area contributed by atoms with Gasteiger partial charge in [-0.15, -0.1) is 0 Å². The van der Waals surface area contributed by atoms with Gasteiger partial charge in [-0.25, -0.2) is 0 Å². The SMILES string of the molecule is N[C@H]1[C@H](O[C@H]2[C@H](O)[C@@H](CO)OC(O)[C@@H]2N)O[C@H](CO)[C@@H](O)[C@@H]1O. The van der Waals surface area contributed by atoms with Crippen LogP contribution in [-0.4, -0.2) is 105 Å². The third kappa shape index (κ3) is 3.65. The van der Waals surface area contributed by atoms with Gasteiger partial charge in [-0.3, -0.25) is 0 Å². The Balaban J connectivity index is 2.11. The van der Waals surface area contributed by atoms with E-state index in [1.807, 2.05) is 0 Å². The van der Waals surface area contributed by atoms with E-state index in [0.717, 1.165) is 0 Å². The smallest absolute Gasteiger partial charge is 0.176 e. The summed E-state index contributed by atoms with van der Waals surface area (Å²) in [5.74, 6) is 0. The Morgan fingerprint density at radius 3 is 1.91 bits per heavy atom. The molecule has 136 valence electrons. The number of nitrogens with two attached hydrogens (primary N) is 2. The third-order valence-electron chi connectivity index (χ3n) is 4.14. The minimum Gasteiger partial charge on any atom is -0.394 e. The van der Waals surface area contributed by atoms with Crippen molar-refractivity contribution in [3.8, 4) is 0 Å². The lowest BCUT2D eigenvalue weighted by atomic mass is 9.95. The Labute approximate surface area is 132 Å². The van der Waals surface area contributed by atoms with Crippen molar-refractivity contribution >= 4 is 0 Å². The lowest BCUT2D eigenvalue weighted by molar-refractivity contribution is -0.319. The molecule has 0 radical (unpaired) electrons. The zero-order chi connectivity index (χ0) is 17.3. The van der Waals surface area contributed by atoms with E-state index in [1.165, 1.54) is 0 Å². The van der Waals surface area contributed by atoms with Crippen molar-refractivity contribution in [3.63, 3.8) is 0 Å². The molecule has 2 heterocycles. The molecule has 0 amide bonds. The number of aliphatic hydroxyl groups excluding tert-OH is 6. The Morgan fingerprint density at radius 1 is 0.783 bits per heavy atom. The summed E-state index contributed by atoms with van der Waals surface area (Å²) < 4.78 is 15.7. The molecule has 11 nitrogen and oxygen atoms in total. The summed E-state index contributed by atoms with van der Waals surface area (Å²) in [7, 11) is 0. The predicted octanol–water partition coefficient (Wildman–Crippen LogP) is -5.46. The minimum absolute atomic E-state index is 0.580. The lowest BCUT2D eigenvalue weighted by Crippen LogP contribution is -2.67. The molecule has 0 aromatic carbocycles. The van der Waals surface area contributed by atoms with Gasteiger partial charge in [-0.1, -0.05) is 0 Å². The van der Waals surface area contributed by atoms with Crippen molar-refractivity contribution in [2.75, 3.05) is 13.2 Å². The quantitative estimate of drug-likeness (QED) is 0.242. The van der Waals surface area contributed by atoms with E-state index in [9.17, 15) is 20.4 Å². The first-order chi connectivity index (χ1) is 10.8. The summed E-state index contributed by atoms with van der Waals surface area (Å²) in [5, 5.41) is 57.7.